The van der Waals surface area contributed by atoms with Gasteiger partial charge in [0.15, 0.2) is 0 Å². The van der Waals surface area contributed by atoms with Crippen molar-refractivity contribution in [3.8, 4) is 0 Å². The lowest BCUT2D eigenvalue weighted by molar-refractivity contribution is 0.163. The van der Waals surface area contributed by atoms with Crippen molar-refractivity contribution in [1.82, 2.24) is 0 Å². The third kappa shape index (κ3) is 3.42. The zero-order valence-electron chi connectivity index (χ0n) is 6.88. The summed E-state index contributed by atoms with van der Waals surface area (Å²) in [5.41, 5.74) is 1.41. The van der Waals surface area contributed by atoms with Crippen LogP contribution in [0, 0.1) is 0 Å². The highest BCUT2D eigenvalue weighted by atomic mass is 16.5. The fourth-order valence-electron chi connectivity index (χ4n) is 1.35. The Hall–Kier alpha value is -0.500. The molecule has 1 N–H and O–H groups in total. The van der Waals surface area contributed by atoms with Gasteiger partial charge in [0, 0.05) is 0 Å². The molecule has 0 radical (unpaired) electrons. The van der Waals surface area contributed by atoms with Crippen molar-refractivity contribution in [1.29, 1.82) is 0 Å². The molecule has 1 fully saturated rings. The summed E-state index contributed by atoms with van der Waals surface area (Å²) in [4.78, 5) is 0. The van der Waals surface area contributed by atoms with E-state index in [1.807, 2.05) is 6.26 Å². The standard InChI is InChI=1S/C9H16O2/c10-6-7-11-8-9-4-2-1-3-5-9/h8,10H,1-7H2. The predicted molar refractivity (Wildman–Crippen MR) is 44.2 cm³/mol. The molecule has 0 aliphatic heterocycles. The van der Waals surface area contributed by atoms with Gasteiger partial charge in [-0.15, -0.1) is 0 Å². The van der Waals surface area contributed by atoms with Crippen LogP contribution in [0.15, 0.2) is 11.8 Å². The maximum Gasteiger partial charge on any atom is 0.110 e. The van der Waals surface area contributed by atoms with E-state index in [1.165, 1.54) is 37.7 Å². The second-order valence-corrected chi connectivity index (χ2v) is 2.93. The van der Waals surface area contributed by atoms with Gasteiger partial charge in [0.05, 0.1) is 12.9 Å². The summed E-state index contributed by atoms with van der Waals surface area (Å²) in [6.45, 7) is 0.549. The SMILES string of the molecule is OCCOC=C1CCCCC1. The summed E-state index contributed by atoms with van der Waals surface area (Å²) in [6.07, 6.45) is 8.16. The third-order valence-corrected chi connectivity index (χ3v) is 1.95. The number of hydrogen-bond donors (Lipinski definition) is 1. The van der Waals surface area contributed by atoms with E-state index in [-0.39, 0.29) is 6.61 Å². The van der Waals surface area contributed by atoms with Gasteiger partial charge >= 0.3 is 0 Å². The number of ether oxygens (including phenoxy) is 1. The molecular formula is C9H16O2. The van der Waals surface area contributed by atoms with Crippen molar-refractivity contribution in [2.24, 2.45) is 0 Å². The van der Waals surface area contributed by atoms with Crippen molar-refractivity contribution < 1.29 is 9.84 Å². The molecule has 0 aromatic heterocycles. The highest BCUT2D eigenvalue weighted by Gasteiger charge is 2.04. The van der Waals surface area contributed by atoms with Crippen LogP contribution in [0.5, 0.6) is 0 Å². The Labute approximate surface area is 67.9 Å². The van der Waals surface area contributed by atoms with Crippen LogP contribution in [0.3, 0.4) is 0 Å². The van der Waals surface area contributed by atoms with E-state index in [0.29, 0.717) is 6.61 Å². The molecule has 64 valence electrons. The van der Waals surface area contributed by atoms with E-state index >= 15 is 0 Å². The molecule has 0 amide bonds. The second kappa shape index (κ2) is 5.19. The fourth-order valence-corrected chi connectivity index (χ4v) is 1.35. The predicted octanol–water partition coefficient (Wildman–Crippen LogP) is 1.84. The van der Waals surface area contributed by atoms with Crippen molar-refractivity contribution in [3.05, 3.63) is 11.8 Å². The highest BCUT2D eigenvalue weighted by Crippen LogP contribution is 2.22. The van der Waals surface area contributed by atoms with Gasteiger partial charge < -0.3 is 9.84 Å². The van der Waals surface area contributed by atoms with Crippen molar-refractivity contribution in [3.63, 3.8) is 0 Å². The van der Waals surface area contributed by atoms with Crippen LogP contribution < -0.4 is 0 Å². The Kier molecular flexibility index (Phi) is 4.06. The van der Waals surface area contributed by atoms with E-state index in [2.05, 4.69) is 0 Å². The molecule has 0 atom stereocenters. The molecule has 0 aromatic carbocycles. The third-order valence-electron chi connectivity index (χ3n) is 1.95. The van der Waals surface area contributed by atoms with Gasteiger partial charge in [-0.25, -0.2) is 0 Å². The van der Waals surface area contributed by atoms with Crippen LogP contribution in [0.25, 0.3) is 0 Å². The van der Waals surface area contributed by atoms with Crippen LogP contribution in [0.1, 0.15) is 32.1 Å². The molecule has 1 saturated carbocycles. The average Bonchev–Trinajstić information content (AvgIpc) is 2.07. The Morgan fingerprint density at radius 1 is 1.27 bits per heavy atom. The lowest BCUT2D eigenvalue weighted by Crippen LogP contribution is -1.97. The zero-order chi connectivity index (χ0) is 7.94. The molecule has 0 saturated heterocycles. The van der Waals surface area contributed by atoms with Gasteiger partial charge in [-0.1, -0.05) is 6.42 Å². The molecule has 2 nitrogen and oxygen atoms in total. The summed E-state index contributed by atoms with van der Waals surface area (Å²) < 4.78 is 5.11. The first-order valence-electron chi connectivity index (χ1n) is 4.34. The van der Waals surface area contributed by atoms with Crippen LogP contribution in [-0.4, -0.2) is 18.3 Å². The minimum atomic E-state index is 0.115. The van der Waals surface area contributed by atoms with Gasteiger partial charge in [0.2, 0.25) is 0 Å². The molecule has 0 heterocycles. The van der Waals surface area contributed by atoms with Gasteiger partial charge in [0.25, 0.3) is 0 Å². The van der Waals surface area contributed by atoms with Crippen LogP contribution in [0.2, 0.25) is 0 Å². The smallest absolute Gasteiger partial charge is 0.110 e. The first-order chi connectivity index (χ1) is 5.43. The molecule has 0 bridgehead atoms. The van der Waals surface area contributed by atoms with Gasteiger partial charge in [0.1, 0.15) is 6.61 Å². The second-order valence-electron chi connectivity index (χ2n) is 2.93. The molecule has 11 heavy (non-hydrogen) atoms. The van der Waals surface area contributed by atoms with Gasteiger partial charge in [-0.05, 0) is 31.3 Å². The topological polar surface area (TPSA) is 29.5 Å². The number of hydrogen-bond acceptors (Lipinski definition) is 2. The van der Waals surface area contributed by atoms with E-state index in [0.717, 1.165) is 0 Å². The molecule has 0 aromatic rings. The Bertz CT molecular complexity index is 122. The summed E-state index contributed by atoms with van der Waals surface area (Å²) in [5.74, 6) is 0. The lowest BCUT2D eigenvalue weighted by Gasteiger charge is -2.12. The number of allylic oxidation sites excluding steroid dienone is 1. The average molecular weight is 156 g/mol. The van der Waals surface area contributed by atoms with E-state index in [4.69, 9.17) is 9.84 Å². The molecule has 1 aliphatic carbocycles. The van der Waals surface area contributed by atoms with Crippen LogP contribution in [-0.2, 0) is 4.74 Å². The largest absolute Gasteiger partial charge is 0.499 e. The molecular weight excluding hydrogens is 140 g/mol. The van der Waals surface area contributed by atoms with Gasteiger partial charge in [-0.3, -0.25) is 0 Å². The number of aliphatic hydroxyl groups excluding tert-OH is 1. The Morgan fingerprint density at radius 3 is 2.64 bits per heavy atom. The molecule has 1 rings (SSSR count). The summed E-state index contributed by atoms with van der Waals surface area (Å²) in [6, 6.07) is 0. The summed E-state index contributed by atoms with van der Waals surface area (Å²) in [7, 11) is 0. The quantitative estimate of drug-likeness (QED) is 0.499. The maximum atomic E-state index is 8.44. The number of rotatable bonds is 3. The molecule has 0 spiro atoms. The van der Waals surface area contributed by atoms with E-state index < -0.39 is 0 Å². The zero-order valence-corrected chi connectivity index (χ0v) is 6.88. The first-order valence-corrected chi connectivity index (χ1v) is 4.34. The highest BCUT2D eigenvalue weighted by molar-refractivity contribution is 5.00. The molecule has 2 heteroatoms. The van der Waals surface area contributed by atoms with Crippen LogP contribution >= 0.6 is 0 Å². The minimum absolute atomic E-state index is 0.115. The lowest BCUT2D eigenvalue weighted by atomic mass is 9.96. The monoisotopic (exact) mass is 156 g/mol. The first kappa shape index (κ1) is 8.60. The van der Waals surface area contributed by atoms with E-state index in [9.17, 15) is 0 Å². The minimum Gasteiger partial charge on any atom is -0.499 e. The van der Waals surface area contributed by atoms with Crippen molar-refractivity contribution >= 4 is 0 Å². The van der Waals surface area contributed by atoms with Gasteiger partial charge in [-0.2, -0.15) is 0 Å². The Morgan fingerprint density at radius 2 is 2.00 bits per heavy atom. The van der Waals surface area contributed by atoms with Crippen molar-refractivity contribution in [2.75, 3.05) is 13.2 Å². The maximum absolute atomic E-state index is 8.44. The Balaban J connectivity index is 2.15. The van der Waals surface area contributed by atoms with E-state index in [1.54, 1.807) is 0 Å². The number of aliphatic hydroxyl groups is 1. The molecule has 1 aliphatic rings. The summed E-state index contributed by atoms with van der Waals surface area (Å²) >= 11 is 0. The van der Waals surface area contributed by atoms with Crippen molar-refractivity contribution in [2.45, 2.75) is 32.1 Å². The molecule has 0 unspecified atom stereocenters. The van der Waals surface area contributed by atoms with Crippen LogP contribution in [0.4, 0.5) is 0 Å². The summed E-state index contributed by atoms with van der Waals surface area (Å²) in [5, 5.41) is 8.44. The fraction of sp³-hybridized carbons (Fsp3) is 0.778. The normalized spacial score (nSPS) is 18.1.